The van der Waals surface area contributed by atoms with E-state index in [9.17, 15) is 22.8 Å². The summed E-state index contributed by atoms with van der Waals surface area (Å²) in [6.07, 6.45) is 6.91. The Bertz CT molecular complexity index is 1480. The van der Waals surface area contributed by atoms with Crippen molar-refractivity contribution < 1.29 is 32.2 Å². The molecule has 0 radical (unpaired) electrons. The lowest BCUT2D eigenvalue weighted by atomic mass is 10.1. The maximum Gasteiger partial charge on any atom is 0.416 e. The van der Waals surface area contributed by atoms with Gasteiger partial charge in [0.05, 0.1) is 30.9 Å². The van der Waals surface area contributed by atoms with Crippen molar-refractivity contribution >= 4 is 34.1 Å². The number of rotatable bonds is 18. The summed E-state index contributed by atoms with van der Waals surface area (Å²) in [4.78, 5) is 23.1. The van der Waals surface area contributed by atoms with Crippen molar-refractivity contribution in [3.63, 3.8) is 0 Å². The molecule has 0 saturated heterocycles. The first kappa shape index (κ1) is 32.2. The molecule has 2 aromatic carbocycles. The minimum Gasteiger partial charge on any atom is -0.379 e. The number of hydrogen-bond donors (Lipinski definition) is 1. The molecule has 0 saturated carbocycles. The van der Waals surface area contributed by atoms with Gasteiger partial charge in [-0.15, -0.1) is 0 Å². The average Bonchev–Trinajstić information content (AvgIpc) is 3.50. The Balaban J connectivity index is 1.21. The molecule has 4 aromatic rings. The third-order valence-corrected chi connectivity index (χ3v) is 7.28. The predicted octanol–water partition coefficient (Wildman–Crippen LogP) is 6.62. The number of hydrogen-bond acceptors (Lipinski definition) is 5. The molecule has 2 heterocycles. The van der Waals surface area contributed by atoms with Crippen molar-refractivity contribution in [2.24, 2.45) is 7.05 Å². The molecular formula is C32H39F3N4O4. The van der Waals surface area contributed by atoms with Crippen LogP contribution in [0.1, 0.15) is 67.3 Å². The Morgan fingerprint density at radius 3 is 2.26 bits per heavy atom. The number of nitrogens with zero attached hydrogens (tertiary/aromatic N) is 3. The van der Waals surface area contributed by atoms with Crippen LogP contribution in [-0.4, -0.2) is 59.5 Å². The SMILES string of the molecule is Cn1cc2c3cc(C(=O)NCCOCCOCCCCCCCCCC=O)ccc3n(-c3ccc(C(F)(F)F)cc3)c2n1. The summed E-state index contributed by atoms with van der Waals surface area (Å²) < 4.78 is 53.9. The van der Waals surface area contributed by atoms with Crippen molar-refractivity contribution in [1.29, 1.82) is 0 Å². The van der Waals surface area contributed by atoms with Crippen LogP contribution in [0.2, 0.25) is 0 Å². The minimum atomic E-state index is -4.42. The Morgan fingerprint density at radius 2 is 1.56 bits per heavy atom. The Kier molecular flexibility index (Phi) is 11.7. The first-order chi connectivity index (χ1) is 20.8. The number of nitrogens with one attached hydrogen (secondary N) is 1. The number of benzene rings is 2. The molecule has 2 aromatic heterocycles. The van der Waals surface area contributed by atoms with E-state index in [0.29, 0.717) is 56.3 Å². The van der Waals surface area contributed by atoms with Gasteiger partial charge < -0.3 is 19.6 Å². The van der Waals surface area contributed by atoms with E-state index in [0.717, 1.165) is 60.4 Å². The van der Waals surface area contributed by atoms with E-state index in [1.54, 1.807) is 34.5 Å². The maximum absolute atomic E-state index is 13.1. The van der Waals surface area contributed by atoms with Crippen molar-refractivity contribution in [3.05, 3.63) is 59.8 Å². The van der Waals surface area contributed by atoms with E-state index in [2.05, 4.69) is 10.4 Å². The molecule has 232 valence electrons. The molecule has 0 atom stereocenters. The van der Waals surface area contributed by atoms with Crippen molar-refractivity contribution in [3.8, 4) is 5.69 Å². The predicted molar refractivity (Wildman–Crippen MR) is 160 cm³/mol. The van der Waals surface area contributed by atoms with Crippen molar-refractivity contribution in [2.45, 2.75) is 57.5 Å². The van der Waals surface area contributed by atoms with Gasteiger partial charge in [0.2, 0.25) is 0 Å². The smallest absolute Gasteiger partial charge is 0.379 e. The molecule has 1 N–H and O–H groups in total. The summed E-state index contributed by atoms with van der Waals surface area (Å²) in [7, 11) is 1.77. The molecule has 8 nitrogen and oxygen atoms in total. The van der Waals surface area contributed by atoms with Crippen LogP contribution in [0.4, 0.5) is 13.2 Å². The fraction of sp³-hybridized carbons (Fsp3) is 0.469. The first-order valence-corrected chi connectivity index (χ1v) is 14.8. The maximum atomic E-state index is 13.1. The van der Waals surface area contributed by atoms with Gasteiger partial charge in [0.25, 0.3) is 5.91 Å². The normalized spacial score (nSPS) is 11.9. The number of fused-ring (bicyclic) bond motifs is 3. The van der Waals surface area contributed by atoms with E-state index in [-0.39, 0.29) is 5.91 Å². The molecule has 0 fully saturated rings. The zero-order chi connectivity index (χ0) is 30.7. The fourth-order valence-electron chi connectivity index (χ4n) is 5.07. The quantitative estimate of drug-likeness (QED) is 0.103. The highest BCUT2D eigenvalue weighted by molar-refractivity contribution is 6.10. The second kappa shape index (κ2) is 15.7. The van der Waals surface area contributed by atoms with Crippen LogP contribution in [0.3, 0.4) is 0 Å². The van der Waals surface area contributed by atoms with Crippen LogP contribution >= 0.6 is 0 Å². The standard InChI is InChI=1S/C32H39F3N4O4/c1-38-23-28-27-22-24(10-15-29(27)39(30(28)37-38)26-13-11-25(12-14-26)32(33,34)35)31(41)36-16-19-43-21-20-42-18-9-7-5-3-2-4-6-8-17-40/h10-15,17,22-23H,2-9,16,18-21H2,1H3,(H,36,41). The number of unbranched alkanes of at least 4 members (excludes halogenated alkanes) is 7. The molecule has 0 aliphatic rings. The van der Waals surface area contributed by atoms with Gasteiger partial charge in [0.1, 0.15) is 6.29 Å². The molecule has 1 amide bonds. The number of aldehydes is 1. The molecule has 0 spiro atoms. The fourth-order valence-corrected chi connectivity index (χ4v) is 5.07. The van der Waals surface area contributed by atoms with Crippen LogP contribution in [-0.2, 0) is 27.5 Å². The number of aromatic nitrogens is 3. The van der Waals surface area contributed by atoms with Gasteiger partial charge in [-0.1, -0.05) is 32.1 Å². The molecule has 0 unspecified atom stereocenters. The molecule has 4 rings (SSSR count). The van der Waals surface area contributed by atoms with Crippen molar-refractivity contribution in [2.75, 3.05) is 33.0 Å². The largest absolute Gasteiger partial charge is 0.416 e. The molecule has 11 heteroatoms. The lowest BCUT2D eigenvalue weighted by Crippen LogP contribution is -2.27. The second-order valence-electron chi connectivity index (χ2n) is 10.6. The zero-order valence-corrected chi connectivity index (χ0v) is 24.5. The van der Waals surface area contributed by atoms with Crippen LogP contribution in [0.25, 0.3) is 27.6 Å². The monoisotopic (exact) mass is 600 g/mol. The Morgan fingerprint density at radius 1 is 0.884 bits per heavy atom. The number of alkyl halides is 3. The molecule has 0 aliphatic heterocycles. The highest BCUT2D eigenvalue weighted by Crippen LogP contribution is 2.34. The van der Waals surface area contributed by atoms with Gasteiger partial charge in [-0.25, -0.2) is 0 Å². The first-order valence-electron chi connectivity index (χ1n) is 14.8. The number of ether oxygens (including phenoxy) is 2. The second-order valence-corrected chi connectivity index (χ2v) is 10.6. The van der Waals surface area contributed by atoms with Crippen LogP contribution < -0.4 is 5.32 Å². The molecular weight excluding hydrogens is 561 g/mol. The minimum absolute atomic E-state index is 0.246. The molecule has 0 aliphatic carbocycles. The number of carbonyl (C=O) groups is 2. The summed E-state index contributed by atoms with van der Waals surface area (Å²) in [6, 6.07) is 10.2. The van der Waals surface area contributed by atoms with Gasteiger partial charge in [-0.05, 0) is 55.3 Å². The molecule has 0 bridgehead atoms. The lowest BCUT2D eigenvalue weighted by Gasteiger charge is -2.10. The summed E-state index contributed by atoms with van der Waals surface area (Å²) in [5, 5.41) is 8.95. The Labute approximate surface area is 249 Å². The van der Waals surface area contributed by atoms with E-state index < -0.39 is 11.7 Å². The lowest BCUT2D eigenvalue weighted by molar-refractivity contribution is -0.137. The van der Waals surface area contributed by atoms with E-state index >= 15 is 0 Å². The van der Waals surface area contributed by atoms with Gasteiger partial charge in [0, 0.05) is 54.8 Å². The van der Waals surface area contributed by atoms with Gasteiger partial charge in [-0.2, -0.15) is 18.3 Å². The summed E-state index contributed by atoms with van der Waals surface area (Å²) in [6.45, 7) is 2.37. The van der Waals surface area contributed by atoms with Crippen LogP contribution in [0.15, 0.2) is 48.7 Å². The van der Waals surface area contributed by atoms with Crippen LogP contribution in [0.5, 0.6) is 0 Å². The third-order valence-electron chi connectivity index (χ3n) is 7.28. The number of carbonyl (C=O) groups excluding carboxylic acids is 2. The highest BCUT2D eigenvalue weighted by atomic mass is 19.4. The summed E-state index contributed by atoms with van der Waals surface area (Å²) in [5.41, 5.74) is 1.62. The number of halogens is 3. The third kappa shape index (κ3) is 8.90. The van der Waals surface area contributed by atoms with Gasteiger partial charge >= 0.3 is 6.18 Å². The van der Waals surface area contributed by atoms with Gasteiger partial charge in [0.15, 0.2) is 5.65 Å². The van der Waals surface area contributed by atoms with Gasteiger partial charge in [-0.3, -0.25) is 14.0 Å². The van der Waals surface area contributed by atoms with E-state index in [4.69, 9.17) is 9.47 Å². The summed E-state index contributed by atoms with van der Waals surface area (Å²) >= 11 is 0. The molecule has 43 heavy (non-hydrogen) atoms. The highest BCUT2D eigenvalue weighted by Gasteiger charge is 2.30. The topological polar surface area (TPSA) is 87.4 Å². The van der Waals surface area contributed by atoms with Crippen molar-refractivity contribution in [1.82, 2.24) is 19.7 Å². The number of amides is 1. The van der Waals surface area contributed by atoms with E-state index in [1.165, 1.54) is 31.4 Å². The van der Waals surface area contributed by atoms with Crippen LogP contribution in [0, 0.1) is 0 Å². The zero-order valence-electron chi connectivity index (χ0n) is 24.5. The van der Waals surface area contributed by atoms with E-state index in [1.807, 2.05) is 6.20 Å². The summed E-state index contributed by atoms with van der Waals surface area (Å²) in [5.74, 6) is -0.246. The number of aryl methyl sites for hydroxylation is 1. The average molecular weight is 601 g/mol. The Hall–Kier alpha value is -3.70.